The normalized spacial score (nSPS) is 11.2. The maximum atomic E-state index is 10.2. The first-order valence-corrected chi connectivity index (χ1v) is 6.95. The third-order valence-electron chi connectivity index (χ3n) is 2.90. The molecule has 8 nitrogen and oxygen atoms in total. The summed E-state index contributed by atoms with van der Waals surface area (Å²) in [7, 11) is 0. The van der Waals surface area contributed by atoms with Crippen LogP contribution in [0.5, 0.6) is 0 Å². The van der Waals surface area contributed by atoms with Gasteiger partial charge in [-0.2, -0.15) is 0 Å². The summed E-state index contributed by atoms with van der Waals surface area (Å²) in [5, 5.41) is 11.9. The minimum Gasteiger partial charge on any atom is -0.387 e. The van der Waals surface area contributed by atoms with Gasteiger partial charge in [0.2, 0.25) is 0 Å². The van der Waals surface area contributed by atoms with E-state index in [4.69, 9.17) is 0 Å². The Morgan fingerprint density at radius 1 is 1.00 bits per heavy atom. The molecule has 0 unspecified atom stereocenters. The van der Waals surface area contributed by atoms with Crippen molar-refractivity contribution in [1.29, 1.82) is 0 Å². The van der Waals surface area contributed by atoms with Crippen LogP contribution < -0.4 is 10.6 Å². The number of hydrogen-bond acceptors (Lipinski definition) is 7. The molecule has 24 heavy (non-hydrogen) atoms. The molecule has 0 aliphatic carbocycles. The fourth-order valence-electron chi connectivity index (χ4n) is 1.25. The van der Waals surface area contributed by atoms with E-state index >= 15 is 0 Å². The minimum absolute atomic E-state index is 0. The zero-order valence-corrected chi connectivity index (χ0v) is 15.9. The monoisotopic (exact) mass is 382 g/mol. The zero-order chi connectivity index (χ0) is 16.8. The maximum absolute atomic E-state index is 10.2. The van der Waals surface area contributed by atoms with Gasteiger partial charge in [0.1, 0.15) is 11.4 Å². The largest absolute Gasteiger partial charge is 2.00 e. The summed E-state index contributed by atoms with van der Waals surface area (Å²) in [6, 6.07) is 0. The molecule has 3 N–H and O–H groups in total. The molecule has 0 saturated carbocycles. The van der Waals surface area contributed by atoms with Crippen molar-refractivity contribution in [3.63, 3.8) is 0 Å². The van der Waals surface area contributed by atoms with Crippen molar-refractivity contribution >= 4 is 0 Å². The number of hydrogen-bond donors (Lipinski definition) is 3. The van der Waals surface area contributed by atoms with E-state index in [9.17, 15) is 9.81 Å². The third-order valence-corrected chi connectivity index (χ3v) is 2.90. The fraction of sp³-hybridized carbons (Fsp3) is 0.467. The van der Waals surface area contributed by atoms with Crippen LogP contribution in [0.15, 0.2) is 51.9 Å². The van der Waals surface area contributed by atoms with Gasteiger partial charge in [0.15, 0.2) is 0 Å². The van der Waals surface area contributed by atoms with Gasteiger partial charge in [0.05, 0.1) is 6.33 Å². The van der Waals surface area contributed by atoms with Gasteiger partial charge < -0.3 is 23.0 Å². The van der Waals surface area contributed by atoms with E-state index in [1.54, 1.807) is 32.6 Å². The molecule has 0 saturated heterocycles. The molecule has 1 aromatic heterocycles. The number of rotatable bonds is 8. The van der Waals surface area contributed by atoms with E-state index in [-0.39, 0.29) is 24.2 Å². The molecule has 0 amide bonds. The average Bonchev–Trinajstić information content (AvgIpc) is 3.12. The van der Waals surface area contributed by atoms with Crippen LogP contribution in [0.3, 0.4) is 0 Å². The molecule has 0 spiro atoms. The number of allylic oxidation sites excluding steroid dienone is 4. The van der Waals surface area contributed by atoms with E-state index in [0.29, 0.717) is 11.4 Å². The molecule has 0 aliphatic heterocycles. The Morgan fingerprint density at radius 3 is 1.71 bits per heavy atom. The topological polar surface area (TPSA) is 112 Å². The fourth-order valence-corrected chi connectivity index (χ4v) is 1.25. The van der Waals surface area contributed by atoms with Gasteiger partial charge in [0.25, 0.3) is 0 Å². The Kier molecular flexibility index (Phi) is 19.4. The number of nitrogens with one attached hydrogen (secondary N) is 3. The summed E-state index contributed by atoms with van der Waals surface area (Å²) in [4.78, 5) is 26.9. The number of imidazole rings is 1. The molecule has 0 atom stereocenters. The number of aromatic nitrogens is 2. The van der Waals surface area contributed by atoms with Crippen molar-refractivity contribution < 1.29 is 16.8 Å². The molecule has 9 heteroatoms. The van der Waals surface area contributed by atoms with E-state index in [1.165, 1.54) is 0 Å². The van der Waals surface area contributed by atoms with Crippen LogP contribution in [0.4, 0.5) is 0 Å². The van der Waals surface area contributed by atoms with E-state index in [0.717, 1.165) is 30.9 Å². The van der Waals surface area contributed by atoms with E-state index < -0.39 is 0 Å². The van der Waals surface area contributed by atoms with Crippen LogP contribution in [0.2, 0.25) is 0 Å². The number of nitroso groups, excluding NO2 is 2. The Bertz CT molecular complexity index is 451. The first-order chi connectivity index (χ1) is 10.5. The van der Waals surface area contributed by atoms with E-state index in [2.05, 4.69) is 31.0 Å². The Labute approximate surface area is 154 Å². The van der Waals surface area contributed by atoms with Gasteiger partial charge in [-0.05, 0) is 44.5 Å². The van der Waals surface area contributed by atoms with Crippen molar-refractivity contribution in [2.45, 2.75) is 34.1 Å². The quantitative estimate of drug-likeness (QED) is 0.362. The average molecular weight is 382 g/mol. The first-order valence-electron chi connectivity index (χ1n) is 6.95. The Morgan fingerprint density at radius 2 is 1.46 bits per heavy atom. The molecule has 1 radical (unpaired) electrons. The van der Waals surface area contributed by atoms with Gasteiger partial charge in [0, 0.05) is 36.9 Å². The summed E-state index contributed by atoms with van der Waals surface area (Å²) in [6.07, 6.45) is 5.95. The molecule has 0 aromatic carbocycles. The molecule has 1 aromatic rings. The van der Waals surface area contributed by atoms with Gasteiger partial charge >= 0.3 is 16.8 Å². The maximum Gasteiger partial charge on any atom is 2.00 e. The van der Waals surface area contributed by atoms with Gasteiger partial charge in [-0.25, -0.2) is 4.98 Å². The zero-order valence-electron chi connectivity index (χ0n) is 14.8. The van der Waals surface area contributed by atoms with Crippen LogP contribution in [-0.2, 0) is 16.8 Å². The molecule has 137 valence electrons. The van der Waals surface area contributed by atoms with Crippen molar-refractivity contribution in [1.82, 2.24) is 20.6 Å². The second-order valence-corrected chi connectivity index (χ2v) is 4.57. The summed E-state index contributed by atoms with van der Waals surface area (Å²) in [5.41, 5.74) is 2.51. The minimum atomic E-state index is 0. The van der Waals surface area contributed by atoms with E-state index in [1.807, 2.05) is 13.8 Å². The van der Waals surface area contributed by atoms with Crippen LogP contribution in [0.25, 0.3) is 0 Å². The Hall–Kier alpha value is -2.00. The summed E-state index contributed by atoms with van der Waals surface area (Å²) >= 11 is 0. The van der Waals surface area contributed by atoms with Crippen molar-refractivity contribution in [3.8, 4) is 0 Å². The summed E-state index contributed by atoms with van der Waals surface area (Å²) in [6.45, 7) is 8.45. The van der Waals surface area contributed by atoms with Crippen LogP contribution in [-0.4, -0.2) is 23.1 Å². The van der Waals surface area contributed by atoms with Crippen LogP contribution in [0.1, 0.15) is 34.1 Å². The number of aromatic amines is 1. The second kappa shape index (κ2) is 17.4. The van der Waals surface area contributed by atoms with Gasteiger partial charge in [-0.3, -0.25) is 0 Å². The molecule has 0 aliphatic rings. The predicted octanol–water partition coefficient (Wildman–Crippen LogP) is 3.45. The van der Waals surface area contributed by atoms with Gasteiger partial charge in [-0.15, -0.1) is 9.81 Å². The molecule has 0 bridgehead atoms. The summed E-state index contributed by atoms with van der Waals surface area (Å²) in [5.74, 6) is 0. The smallest absolute Gasteiger partial charge is 0.387 e. The molecule has 0 fully saturated rings. The number of H-pyrrole nitrogens is 1. The van der Waals surface area contributed by atoms with Crippen molar-refractivity contribution in [3.05, 3.63) is 58.7 Å². The first kappa shape index (κ1) is 26.9. The standard InChI is InChI=1S/C11H20N4O2.C3H4N2.CH3.Co/c1-8(10(3)14-16)12-6-5-7-13-9(2)11(4)15-17;1-2-5-3-4-1;;/h12-13H,5-7H2,1-4H3;1-3H,(H,4,5);1H3;/q;;-1;+2. The summed E-state index contributed by atoms with van der Waals surface area (Å²) < 4.78 is 0. The van der Waals surface area contributed by atoms with Crippen LogP contribution in [0, 0.1) is 17.2 Å². The third kappa shape index (κ3) is 13.6. The SMILES string of the molecule is CC(N=O)=C(C)NCCCNC(C)=C(C)N=O.[CH3-].[Co+2].c1c[nH]cn1. The predicted molar refractivity (Wildman–Crippen MR) is 94.0 cm³/mol. The number of nitrogens with zero attached hydrogens (tertiary/aromatic N) is 3. The van der Waals surface area contributed by atoms with Crippen molar-refractivity contribution in [2.24, 2.45) is 10.4 Å². The molecule has 1 rings (SSSR count). The molecular weight excluding hydrogens is 355 g/mol. The molecular formula is C15H27CoN6O2+. The Balaban J connectivity index is -0.000000535. The molecule has 1 heterocycles. The second-order valence-electron chi connectivity index (χ2n) is 4.57. The van der Waals surface area contributed by atoms with Gasteiger partial charge in [-0.1, -0.05) is 0 Å². The van der Waals surface area contributed by atoms with Crippen LogP contribution >= 0.6 is 0 Å². The van der Waals surface area contributed by atoms with Crippen molar-refractivity contribution in [2.75, 3.05) is 13.1 Å².